The molecular weight excluding hydrogens is 270 g/mol. The molecule has 1 heterocycles. The van der Waals surface area contributed by atoms with E-state index >= 15 is 0 Å². The Balaban J connectivity index is 1.68. The fraction of sp³-hybridized carbons (Fsp3) is 0.375. The summed E-state index contributed by atoms with van der Waals surface area (Å²) < 4.78 is 5.72. The molecule has 1 aromatic carbocycles. The number of amides is 1. The van der Waals surface area contributed by atoms with Gasteiger partial charge >= 0.3 is 5.97 Å². The molecule has 1 saturated carbocycles. The van der Waals surface area contributed by atoms with Crippen molar-refractivity contribution in [1.82, 2.24) is 5.32 Å². The molecule has 5 heteroatoms. The first-order valence-electron chi connectivity index (χ1n) is 7.05. The third-order valence-corrected chi connectivity index (χ3v) is 4.29. The zero-order chi connectivity index (χ0) is 15.0. The monoisotopic (exact) mass is 287 g/mol. The lowest BCUT2D eigenvalue weighted by molar-refractivity contribution is -0.152. The lowest BCUT2D eigenvalue weighted by Crippen LogP contribution is -2.43. The molecule has 110 valence electrons. The predicted octanol–water partition coefficient (Wildman–Crippen LogP) is 2.47. The van der Waals surface area contributed by atoms with E-state index in [1.807, 2.05) is 31.2 Å². The maximum atomic E-state index is 12.0. The van der Waals surface area contributed by atoms with Crippen molar-refractivity contribution in [1.29, 1.82) is 0 Å². The van der Waals surface area contributed by atoms with Crippen LogP contribution in [0.5, 0.6) is 0 Å². The maximum absolute atomic E-state index is 12.0. The van der Waals surface area contributed by atoms with Gasteiger partial charge in [-0.2, -0.15) is 0 Å². The van der Waals surface area contributed by atoms with Crippen molar-refractivity contribution >= 4 is 22.8 Å². The molecule has 1 aliphatic carbocycles. The van der Waals surface area contributed by atoms with E-state index in [2.05, 4.69) is 5.32 Å². The van der Waals surface area contributed by atoms with Gasteiger partial charge in [-0.05, 0) is 25.8 Å². The second kappa shape index (κ2) is 5.24. The number of carboxylic acid groups (broad SMARTS) is 1. The molecule has 1 aliphatic rings. The number of aryl methyl sites for hydroxylation is 1. The van der Waals surface area contributed by atoms with Crippen LogP contribution in [0, 0.1) is 18.8 Å². The quantitative estimate of drug-likeness (QED) is 0.905. The minimum absolute atomic E-state index is 0.200. The summed E-state index contributed by atoms with van der Waals surface area (Å²) in [7, 11) is 0. The lowest BCUT2D eigenvalue weighted by atomic mass is 9.73. The van der Waals surface area contributed by atoms with Gasteiger partial charge in [0.1, 0.15) is 11.3 Å². The minimum Gasteiger partial charge on any atom is -0.481 e. The summed E-state index contributed by atoms with van der Waals surface area (Å²) >= 11 is 0. The van der Waals surface area contributed by atoms with E-state index in [0.717, 1.165) is 22.3 Å². The number of carboxylic acids is 1. The van der Waals surface area contributed by atoms with Gasteiger partial charge in [-0.15, -0.1) is 0 Å². The van der Waals surface area contributed by atoms with Crippen LogP contribution in [0.4, 0.5) is 0 Å². The van der Waals surface area contributed by atoms with Crippen molar-refractivity contribution in [3.8, 4) is 0 Å². The normalized spacial score (nSPS) is 21.0. The third kappa shape index (κ3) is 2.39. The van der Waals surface area contributed by atoms with E-state index in [4.69, 9.17) is 9.52 Å². The first-order chi connectivity index (χ1) is 10.1. The Morgan fingerprint density at radius 2 is 2.00 bits per heavy atom. The van der Waals surface area contributed by atoms with Gasteiger partial charge in [0.25, 0.3) is 0 Å². The molecular formula is C16H17NO4. The Morgan fingerprint density at radius 3 is 2.62 bits per heavy atom. The molecule has 1 amide bonds. The highest BCUT2D eigenvalue weighted by atomic mass is 16.4. The summed E-state index contributed by atoms with van der Waals surface area (Å²) in [6, 6.07) is 7.71. The second-order valence-electron chi connectivity index (χ2n) is 5.49. The summed E-state index contributed by atoms with van der Waals surface area (Å²) in [4.78, 5) is 23.0. The maximum Gasteiger partial charge on any atom is 0.307 e. The topological polar surface area (TPSA) is 79.5 Å². The fourth-order valence-corrected chi connectivity index (χ4v) is 2.80. The first-order valence-corrected chi connectivity index (χ1v) is 7.05. The zero-order valence-electron chi connectivity index (χ0n) is 11.8. The van der Waals surface area contributed by atoms with Gasteiger partial charge in [0.2, 0.25) is 5.91 Å². The average molecular weight is 287 g/mol. The van der Waals surface area contributed by atoms with Crippen LogP contribution in [0.2, 0.25) is 0 Å². The molecule has 2 N–H and O–H groups in total. The molecule has 0 bridgehead atoms. The van der Waals surface area contributed by atoms with Gasteiger partial charge in [-0.25, -0.2) is 0 Å². The van der Waals surface area contributed by atoms with Gasteiger partial charge in [0.15, 0.2) is 0 Å². The van der Waals surface area contributed by atoms with Gasteiger partial charge in [-0.3, -0.25) is 9.59 Å². The standard InChI is InChI=1S/C16H17NO4/c1-9-10-4-2-3-5-13(10)21-14(9)8-17-15(18)11-6-7-12(11)16(19)20/h2-5,11-12H,6-8H2,1H3,(H,17,18)(H,19,20). The van der Waals surface area contributed by atoms with Crippen LogP contribution in [0.15, 0.2) is 28.7 Å². The van der Waals surface area contributed by atoms with Crippen molar-refractivity contribution in [2.45, 2.75) is 26.3 Å². The Kier molecular flexibility index (Phi) is 3.41. The van der Waals surface area contributed by atoms with Crippen LogP contribution in [0.3, 0.4) is 0 Å². The van der Waals surface area contributed by atoms with E-state index in [1.165, 1.54) is 0 Å². The Morgan fingerprint density at radius 1 is 1.29 bits per heavy atom. The molecule has 2 unspecified atom stereocenters. The van der Waals surface area contributed by atoms with Crippen LogP contribution in [0.25, 0.3) is 11.0 Å². The molecule has 2 atom stereocenters. The van der Waals surface area contributed by atoms with Gasteiger partial charge < -0.3 is 14.8 Å². The largest absolute Gasteiger partial charge is 0.481 e. The molecule has 5 nitrogen and oxygen atoms in total. The number of aliphatic carboxylic acids is 1. The van der Waals surface area contributed by atoms with Crippen molar-refractivity contribution < 1.29 is 19.1 Å². The molecule has 2 aromatic rings. The summed E-state index contributed by atoms with van der Waals surface area (Å²) in [5.74, 6) is -1.32. The molecule has 1 fully saturated rings. The highest BCUT2D eigenvalue weighted by Gasteiger charge is 2.41. The summed E-state index contributed by atoms with van der Waals surface area (Å²) in [6.45, 7) is 2.25. The van der Waals surface area contributed by atoms with E-state index < -0.39 is 17.8 Å². The summed E-state index contributed by atoms with van der Waals surface area (Å²) in [5, 5.41) is 12.8. The van der Waals surface area contributed by atoms with E-state index in [0.29, 0.717) is 19.4 Å². The number of hydrogen-bond acceptors (Lipinski definition) is 3. The molecule has 0 radical (unpaired) electrons. The number of hydrogen-bond donors (Lipinski definition) is 2. The fourth-order valence-electron chi connectivity index (χ4n) is 2.80. The number of carbonyl (C=O) groups excluding carboxylic acids is 1. The molecule has 0 aliphatic heterocycles. The second-order valence-corrected chi connectivity index (χ2v) is 5.49. The number of para-hydroxylation sites is 1. The van der Waals surface area contributed by atoms with Crippen molar-refractivity contribution in [2.24, 2.45) is 11.8 Å². The number of furan rings is 1. The number of rotatable bonds is 4. The first kappa shape index (κ1) is 13.7. The Bertz CT molecular complexity index is 703. The SMILES string of the molecule is Cc1c(CNC(=O)C2CCC2C(=O)O)oc2ccccc12. The Hall–Kier alpha value is -2.30. The minimum atomic E-state index is -0.888. The van der Waals surface area contributed by atoms with Crippen LogP contribution in [-0.2, 0) is 16.1 Å². The van der Waals surface area contributed by atoms with Gasteiger partial charge in [0.05, 0.1) is 18.4 Å². The van der Waals surface area contributed by atoms with E-state index in [-0.39, 0.29) is 5.91 Å². The van der Waals surface area contributed by atoms with Crippen LogP contribution in [0.1, 0.15) is 24.2 Å². The van der Waals surface area contributed by atoms with Crippen molar-refractivity contribution in [3.05, 3.63) is 35.6 Å². The molecule has 21 heavy (non-hydrogen) atoms. The molecule has 1 aromatic heterocycles. The van der Waals surface area contributed by atoms with Crippen molar-refractivity contribution in [3.63, 3.8) is 0 Å². The number of benzene rings is 1. The average Bonchev–Trinajstić information content (AvgIpc) is 2.72. The molecule has 0 saturated heterocycles. The molecule has 3 rings (SSSR count). The van der Waals surface area contributed by atoms with Crippen molar-refractivity contribution in [2.75, 3.05) is 0 Å². The molecule has 0 spiro atoms. The Labute approximate surface area is 121 Å². The van der Waals surface area contributed by atoms with Gasteiger partial charge in [-0.1, -0.05) is 18.2 Å². The predicted molar refractivity (Wildman–Crippen MR) is 76.6 cm³/mol. The zero-order valence-corrected chi connectivity index (χ0v) is 11.8. The van der Waals surface area contributed by atoms with E-state index in [9.17, 15) is 9.59 Å². The third-order valence-electron chi connectivity index (χ3n) is 4.29. The van der Waals surface area contributed by atoms with Crippen LogP contribution in [-0.4, -0.2) is 17.0 Å². The van der Waals surface area contributed by atoms with E-state index in [1.54, 1.807) is 0 Å². The van der Waals surface area contributed by atoms with Crippen LogP contribution >= 0.6 is 0 Å². The smallest absolute Gasteiger partial charge is 0.307 e. The number of nitrogens with one attached hydrogen (secondary N) is 1. The van der Waals surface area contributed by atoms with Crippen LogP contribution < -0.4 is 5.32 Å². The summed E-state index contributed by atoms with van der Waals surface area (Å²) in [6.07, 6.45) is 1.22. The summed E-state index contributed by atoms with van der Waals surface area (Å²) in [5.41, 5.74) is 1.81. The lowest BCUT2D eigenvalue weighted by Gasteiger charge is -2.31. The van der Waals surface area contributed by atoms with Gasteiger partial charge in [0, 0.05) is 10.9 Å². The highest BCUT2D eigenvalue weighted by molar-refractivity contribution is 5.86. The highest BCUT2D eigenvalue weighted by Crippen LogP contribution is 2.34. The number of carbonyl (C=O) groups is 2. The number of fused-ring (bicyclic) bond motifs is 1.